The topological polar surface area (TPSA) is 64.1 Å². The number of nitrogens with zero attached hydrogens (tertiary/aromatic N) is 3. The lowest BCUT2D eigenvalue weighted by Crippen LogP contribution is -2.57. The van der Waals surface area contributed by atoms with E-state index in [-0.39, 0.29) is 22.7 Å². The summed E-state index contributed by atoms with van der Waals surface area (Å²) in [6, 6.07) is 15.0. The molecule has 0 radical (unpaired) electrons. The van der Waals surface area contributed by atoms with Crippen LogP contribution >= 0.6 is 0 Å². The van der Waals surface area contributed by atoms with Crippen LogP contribution in [0.5, 0.6) is 5.75 Å². The Morgan fingerprint density at radius 2 is 1.77 bits per heavy atom. The molecule has 0 spiro atoms. The molecule has 168 valence electrons. The third-order valence-electron chi connectivity index (χ3n) is 6.02. The van der Waals surface area contributed by atoms with Gasteiger partial charge in [0.2, 0.25) is 10.0 Å². The molecule has 0 unspecified atom stereocenters. The van der Waals surface area contributed by atoms with Crippen LogP contribution in [0, 0.1) is 0 Å². The predicted octanol–water partition coefficient (Wildman–Crippen LogP) is 3.31. The van der Waals surface area contributed by atoms with Gasteiger partial charge in [0.25, 0.3) is 0 Å². The quantitative estimate of drug-likeness (QED) is 0.665. The van der Waals surface area contributed by atoms with Crippen LogP contribution in [0.1, 0.15) is 31.0 Å². The first-order valence-corrected chi connectivity index (χ1v) is 12.0. The average Bonchev–Trinajstić information content (AvgIpc) is 2.72. The van der Waals surface area contributed by atoms with E-state index in [4.69, 9.17) is 0 Å². The Balaban J connectivity index is 2.01. The van der Waals surface area contributed by atoms with Crippen molar-refractivity contribution < 1.29 is 13.5 Å². The first-order chi connectivity index (χ1) is 14.6. The SMILES string of the molecule is C=CCN1C[C@H](C)N([C@H](c2ccc(S(=O)(=O)N(C)C)cc2)c2cccc(O)c2)C[C@H]1C. The van der Waals surface area contributed by atoms with E-state index in [9.17, 15) is 13.5 Å². The van der Waals surface area contributed by atoms with Crippen LogP contribution in [0.4, 0.5) is 0 Å². The highest BCUT2D eigenvalue weighted by molar-refractivity contribution is 7.89. The second kappa shape index (κ2) is 9.53. The molecule has 3 rings (SSSR count). The lowest BCUT2D eigenvalue weighted by molar-refractivity contribution is 0.0306. The number of aromatic hydroxyl groups is 1. The highest BCUT2D eigenvalue weighted by atomic mass is 32.2. The van der Waals surface area contributed by atoms with Crippen molar-refractivity contribution in [3.63, 3.8) is 0 Å². The van der Waals surface area contributed by atoms with Gasteiger partial charge in [0.05, 0.1) is 10.9 Å². The molecule has 0 aromatic heterocycles. The third-order valence-corrected chi connectivity index (χ3v) is 7.85. The summed E-state index contributed by atoms with van der Waals surface area (Å²) in [6.45, 7) is 10.9. The fourth-order valence-corrected chi connectivity index (χ4v) is 5.21. The number of piperazine rings is 1. The number of phenols is 1. The van der Waals surface area contributed by atoms with Crippen LogP contribution < -0.4 is 0 Å². The Bertz CT molecular complexity index is 1000. The Morgan fingerprint density at radius 1 is 1.10 bits per heavy atom. The van der Waals surface area contributed by atoms with Crippen LogP contribution in [0.2, 0.25) is 0 Å². The molecule has 1 N–H and O–H groups in total. The second-order valence-corrected chi connectivity index (χ2v) is 10.6. The maximum atomic E-state index is 12.5. The Kier molecular flexibility index (Phi) is 7.21. The standard InChI is InChI=1S/C24H33N3O3S/c1-6-14-26-16-19(3)27(17-18(26)2)24(21-8-7-9-22(28)15-21)20-10-12-23(13-11-20)31(29,30)25(4)5/h6-13,15,18-19,24,28H,1,14,16-17H2,2-5H3/t18-,19+,24-/m1/s1. The van der Waals surface area contributed by atoms with Gasteiger partial charge in [-0.2, -0.15) is 0 Å². The van der Waals surface area contributed by atoms with Crippen molar-refractivity contribution in [3.05, 3.63) is 72.3 Å². The molecule has 6 nitrogen and oxygen atoms in total. The molecule has 7 heteroatoms. The summed E-state index contributed by atoms with van der Waals surface area (Å²) in [6.07, 6.45) is 1.94. The van der Waals surface area contributed by atoms with Gasteiger partial charge in [0.15, 0.2) is 0 Å². The van der Waals surface area contributed by atoms with Crippen molar-refractivity contribution in [2.45, 2.75) is 36.9 Å². The van der Waals surface area contributed by atoms with E-state index in [1.165, 1.54) is 18.4 Å². The van der Waals surface area contributed by atoms with Gasteiger partial charge in [-0.3, -0.25) is 9.80 Å². The molecule has 0 amide bonds. The molecule has 1 fully saturated rings. The van der Waals surface area contributed by atoms with Crippen molar-refractivity contribution in [3.8, 4) is 5.75 Å². The first-order valence-electron chi connectivity index (χ1n) is 10.6. The zero-order valence-electron chi connectivity index (χ0n) is 18.8. The molecular weight excluding hydrogens is 410 g/mol. The number of hydrogen-bond acceptors (Lipinski definition) is 5. The molecule has 0 bridgehead atoms. The molecule has 2 aromatic carbocycles. The van der Waals surface area contributed by atoms with Gasteiger partial charge in [-0.15, -0.1) is 6.58 Å². The molecule has 0 saturated carbocycles. The Labute approximate surface area is 186 Å². The normalized spacial score (nSPS) is 21.8. The minimum absolute atomic E-state index is 0.0912. The highest BCUT2D eigenvalue weighted by Crippen LogP contribution is 2.35. The molecule has 3 atom stereocenters. The fraction of sp³-hybridized carbons (Fsp3) is 0.417. The van der Waals surface area contributed by atoms with Crippen LogP contribution in [0.15, 0.2) is 66.1 Å². The van der Waals surface area contributed by atoms with E-state index in [0.29, 0.717) is 6.04 Å². The van der Waals surface area contributed by atoms with E-state index in [1.807, 2.05) is 30.3 Å². The number of hydrogen-bond donors (Lipinski definition) is 1. The first kappa shape index (κ1) is 23.5. The zero-order chi connectivity index (χ0) is 22.8. The van der Waals surface area contributed by atoms with Crippen LogP contribution in [0.3, 0.4) is 0 Å². The third kappa shape index (κ3) is 5.01. The van der Waals surface area contributed by atoms with Crippen molar-refractivity contribution >= 4 is 10.0 Å². The number of benzene rings is 2. The van der Waals surface area contributed by atoms with Gasteiger partial charge in [-0.25, -0.2) is 12.7 Å². The predicted molar refractivity (Wildman–Crippen MR) is 125 cm³/mol. The van der Waals surface area contributed by atoms with Crippen molar-refractivity contribution in [2.75, 3.05) is 33.7 Å². The molecule has 2 aromatic rings. The second-order valence-electron chi connectivity index (χ2n) is 8.49. The van der Waals surface area contributed by atoms with E-state index in [1.54, 1.807) is 24.3 Å². The summed E-state index contributed by atoms with van der Waals surface area (Å²) < 4.78 is 26.2. The molecule has 0 aliphatic carbocycles. The van der Waals surface area contributed by atoms with E-state index in [2.05, 4.69) is 30.2 Å². The van der Waals surface area contributed by atoms with Gasteiger partial charge < -0.3 is 5.11 Å². The van der Waals surface area contributed by atoms with Gasteiger partial charge >= 0.3 is 0 Å². The summed E-state index contributed by atoms with van der Waals surface area (Å²) in [5, 5.41) is 10.1. The number of rotatable bonds is 7. The van der Waals surface area contributed by atoms with Gasteiger partial charge in [-0.1, -0.05) is 30.3 Å². The number of phenolic OH excluding ortho intramolecular Hbond substituents is 1. The zero-order valence-corrected chi connectivity index (χ0v) is 19.6. The van der Waals surface area contributed by atoms with Gasteiger partial charge in [0.1, 0.15) is 5.75 Å². The molecular formula is C24H33N3O3S. The van der Waals surface area contributed by atoms with E-state index < -0.39 is 10.0 Å². The van der Waals surface area contributed by atoms with E-state index in [0.717, 1.165) is 30.8 Å². The molecule has 1 heterocycles. The van der Waals surface area contributed by atoms with Crippen molar-refractivity contribution in [1.82, 2.24) is 14.1 Å². The summed E-state index contributed by atoms with van der Waals surface area (Å²) in [4.78, 5) is 5.13. The molecule has 1 aliphatic heterocycles. The van der Waals surface area contributed by atoms with Crippen LogP contribution in [-0.4, -0.2) is 73.4 Å². The summed E-state index contributed by atoms with van der Waals surface area (Å²) in [7, 11) is -0.420. The van der Waals surface area contributed by atoms with Gasteiger partial charge in [-0.05, 0) is 49.2 Å². The summed E-state index contributed by atoms with van der Waals surface area (Å²) in [5.74, 6) is 0.223. The maximum Gasteiger partial charge on any atom is 0.242 e. The molecule has 31 heavy (non-hydrogen) atoms. The Morgan fingerprint density at radius 3 is 2.35 bits per heavy atom. The fourth-order valence-electron chi connectivity index (χ4n) is 4.31. The highest BCUT2D eigenvalue weighted by Gasteiger charge is 2.34. The molecule has 1 aliphatic rings. The lowest BCUT2D eigenvalue weighted by atomic mass is 9.93. The largest absolute Gasteiger partial charge is 0.508 e. The number of sulfonamides is 1. The Hall–Kier alpha value is -2.19. The van der Waals surface area contributed by atoms with Gasteiger partial charge in [0, 0.05) is 45.8 Å². The minimum atomic E-state index is -3.49. The summed E-state index contributed by atoms with van der Waals surface area (Å²) in [5.41, 5.74) is 1.99. The van der Waals surface area contributed by atoms with Crippen LogP contribution in [0.25, 0.3) is 0 Å². The minimum Gasteiger partial charge on any atom is -0.508 e. The smallest absolute Gasteiger partial charge is 0.242 e. The maximum absolute atomic E-state index is 12.5. The summed E-state index contributed by atoms with van der Waals surface area (Å²) >= 11 is 0. The lowest BCUT2D eigenvalue weighted by Gasteiger charge is -2.47. The van der Waals surface area contributed by atoms with Crippen LogP contribution in [-0.2, 0) is 10.0 Å². The van der Waals surface area contributed by atoms with Crippen molar-refractivity contribution in [2.24, 2.45) is 0 Å². The average molecular weight is 444 g/mol. The monoisotopic (exact) mass is 443 g/mol. The van der Waals surface area contributed by atoms with E-state index >= 15 is 0 Å². The molecule has 1 saturated heterocycles. The van der Waals surface area contributed by atoms with Crippen molar-refractivity contribution in [1.29, 1.82) is 0 Å².